The molecule has 2 N–H and O–H groups in total. The molecule has 7 nitrogen and oxygen atoms in total. The molecule has 0 rings (SSSR count). The SMILES string of the molecule is CCOP(=O)(NC(=S)NC(=O)OC(C)C)OCC. The summed E-state index contributed by atoms with van der Waals surface area (Å²) in [5.74, 6) is 0. The number of carbonyl (C=O) groups excluding carboxylic acids is 1. The quantitative estimate of drug-likeness (QED) is 0.574. The van der Waals surface area contributed by atoms with Gasteiger partial charge in [0.2, 0.25) is 0 Å². The molecule has 0 aliphatic rings. The zero-order valence-electron chi connectivity index (χ0n) is 10.9. The Kier molecular flexibility index (Phi) is 8.10. The lowest BCUT2D eigenvalue weighted by molar-refractivity contribution is 0.120. The van der Waals surface area contributed by atoms with Crippen LogP contribution < -0.4 is 10.4 Å². The normalized spacial score (nSPS) is 11.2. The van der Waals surface area contributed by atoms with Crippen LogP contribution in [-0.4, -0.2) is 30.5 Å². The van der Waals surface area contributed by atoms with E-state index in [1.165, 1.54) is 0 Å². The molecule has 1 amide bonds. The number of ether oxygens (including phenoxy) is 1. The van der Waals surface area contributed by atoms with Crippen molar-refractivity contribution >= 4 is 31.2 Å². The maximum Gasteiger partial charge on any atom is 0.434 e. The van der Waals surface area contributed by atoms with E-state index in [0.29, 0.717) is 0 Å². The summed E-state index contributed by atoms with van der Waals surface area (Å²) in [5.41, 5.74) is 0. The third-order valence-electron chi connectivity index (χ3n) is 1.39. The van der Waals surface area contributed by atoms with E-state index in [0.717, 1.165) is 0 Å². The van der Waals surface area contributed by atoms with Crippen molar-refractivity contribution < 1.29 is 23.1 Å². The molecule has 0 aromatic carbocycles. The Balaban J connectivity index is 4.34. The van der Waals surface area contributed by atoms with Gasteiger partial charge < -0.3 is 4.74 Å². The van der Waals surface area contributed by atoms with Crippen LogP contribution in [0.15, 0.2) is 0 Å². The molecule has 0 aromatic heterocycles. The number of thiocarbonyl (C=S) groups is 1. The van der Waals surface area contributed by atoms with Crippen LogP contribution in [0.2, 0.25) is 0 Å². The van der Waals surface area contributed by atoms with Crippen LogP contribution in [-0.2, 0) is 18.3 Å². The summed E-state index contributed by atoms with van der Waals surface area (Å²) in [5, 5.41) is 4.37. The fourth-order valence-electron chi connectivity index (χ4n) is 0.930. The molecule has 9 heteroatoms. The molecule has 18 heavy (non-hydrogen) atoms. The first-order valence-corrected chi connectivity index (χ1v) is 7.47. The Morgan fingerprint density at radius 1 is 1.28 bits per heavy atom. The highest BCUT2D eigenvalue weighted by Gasteiger charge is 2.25. The van der Waals surface area contributed by atoms with E-state index in [1.807, 2.05) is 0 Å². The van der Waals surface area contributed by atoms with E-state index >= 15 is 0 Å². The topological polar surface area (TPSA) is 85.9 Å². The summed E-state index contributed by atoms with van der Waals surface area (Å²) in [4.78, 5) is 11.2. The second kappa shape index (κ2) is 8.42. The van der Waals surface area contributed by atoms with Crippen molar-refractivity contribution in [3.63, 3.8) is 0 Å². The standard InChI is InChI=1S/C9H19N2O5PS/c1-5-14-17(13,15-6-2)11-8(18)10-9(12)16-7(3)4/h7H,5-6H2,1-4H3,(H2,10,11,12,13,18). The largest absolute Gasteiger partial charge is 0.447 e. The lowest BCUT2D eigenvalue weighted by Gasteiger charge is -2.19. The van der Waals surface area contributed by atoms with Crippen molar-refractivity contribution in [3.05, 3.63) is 0 Å². The maximum atomic E-state index is 12.0. The molecule has 0 aliphatic carbocycles. The first kappa shape index (κ1) is 17.3. The number of carbonyl (C=O) groups is 1. The zero-order chi connectivity index (χ0) is 14.2. The molecule has 0 bridgehead atoms. The molecule has 0 atom stereocenters. The summed E-state index contributed by atoms with van der Waals surface area (Å²) in [6, 6.07) is 0. The van der Waals surface area contributed by atoms with E-state index in [1.54, 1.807) is 27.7 Å². The molecule has 0 aromatic rings. The second-order valence-electron chi connectivity index (χ2n) is 3.35. The fraction of sp³-hybridized carbons (Fsp3) is 0.778. The molecule has 0 saturated carbocycles. The van der Waals surface area contributed by atoms with Gasteiger partial charge >= 0.3 is 13.8 Å². The van der Waals surface area contributed by atoms with Crippen molar-refractivity contribution in [3.8, 4) is 0 Å². The van der Waals surface area contributed by atoms with Gasteiger partial charge in [-0.25, -0.2) is 9.36 Å². The third-order valence-corrected chi connectivity index (χ3v) is 3.44. The second-order valence-corrected chi connectivity index (χ2v) is 5.50. The average Bonchev–Trinajstić information content (AvgIpc) is 2.14. The van der Waals surface area contributed by atoms with Crippen LogP contribution in [0.25, 0.3) is 0 Å². The highest BCUT2D eigenvalue weighted by Crippen LogP contribution is 2.43. The Morgan fingerprint density at radius 2 is 1.78 bits per heavy atom. The predicted octanol–water partition coefficient (Wildman–Crippen LogP) is 2.18. The summed E-state index contributed by atoms with van der Waals surface area (Å²) in [7, 11) is -3.53. The van der Waals surface area contributed by atoms with Gasteiger partial charge in [0.05, 0.1) is 19.3 Å². The Labute approximate surface area is 112 Å². The van der Waals surface area contributed by atoms with E-state index < -0.39 is 13.8 Å². The first-order chi connectivity index (χ1) is 8.33. The molecule has 0 heterocycles. The third kappa shape index (κ3) is 7.60. The number of rotatable bonds is 6. The van der Waals surface area contributed by atoms with Gasteiger partial charge in [0, 0.05) is 0 Å². The Bertz CT molecular complexity index is 327. The molecule has 0 spiro atoms. The van der Waals surface area contributed by atoms with Gasteiger partial charge in [-0.3, -0.25) is 19.5 Å². The zero-order valence-corrected chi connectivity index (χ0v) is 12.6. The fourth-order valence-corrected chi connectivity index (χ4v) is 2.54. The van der Waals surface area contributed by atoms with Crippen LogP contribution in [0.1, 0.15) is 27.7 Å². The molecule has 0 aliphatic heterocycles. The van der Waals surface area contributed by atoms with Crippen molar-refractivity contribution in [2.75, 3.05) is 13.2 Å². The number of nitrogens with one attached hydrogen (secondary N) is 2. The van der Waals surface area contributed by atoms with Gasteiger partial charge in [-0.1, -0.05) is 0 Å². The molecular weight excluding hydrogens is 279 g/mol. The van der Waals surface area contributed by atoms with Gasteiger partial charge in [-0.15, -0.1) is 0 Å². The lowest BCUT2D eigenvalue weighted by Crippen LogP contribution is -2.39. The minimum absolute atomic E-state index is 0.175. The smallest absolute Gasteiger partial charge is 0.434 e. The Hall–Kier alpha value is -0.690. The summed E-state index contributed by atoms with van der Waals surface area (Å²) in [6.45, 7) is 7.09. The van der Waals surface area contributed by atoms with Gasteiger partial charge in [-0.05, 0) is 39.9 Å². The van der Waals surface area contributed by atoms with Crippen LogP contribution >= 0.6 is 20.0 Å². The lowest BCUT2D eigenvalue weighted by atomic mass is 10.5. The monoisotopic (exact) mass is 298 g/mol. The Morgan fingerprint density at radius 3 is 2.17 bits per heavy atom. The first-order valence-electron chi connectivity index (χ1n) is 5.52. The molecule has 0 fully saturated rings. The molecule has 0 saturated heterocycles. The van der Waals surface area contributed by atoms with E-state index in [-0.39, 0.29) is 24.4 Å². The number of amides is 1. The van der Waals surface area contributed by atoms with Crippen molar-refractivity contribution in [2.45, 2.75) is 33.8 Å². The van der Waals surface area contributed by atoms with Crippen molar-refractivity contribution in [2.24, 2.45) is 0 Å². The molecule has 0 radical (unpaired) electrons. The van der Waals surface area contributed by atoms with Gasteiger partial charge in [0.25, 0.3) is 0 Å². The number of alkyl carbamates (subject to hydrolysis) is 1. The van der Waals surface area contributed by atoms with Gasteiger partial charge in [-0.2, -0.15) is 0 Å². The van der Waals surface area contributed by atoms with Crippen LogP contribution in [0.3, 0.4) is 0 Å². The van der Waals surface area contributed by atoms with E-state index in [4.69, 9.17) is 26.0 Å². The maximum absolute atomic E-state index is 12.0. The number of hydrogen-bond donors (Lipinski definition) is 2. The summed E-state index contributed by atoms with van der Waals surface area (Å²) < 4.78 is 26.7. The number of hydrogen-bond acceptors (Lipinski definition) is 6. The highest BCUT2D eigenvalue weighted by atomic mass is 32.1. The van der Waals surface area contributed by atoms with Crippen molar-refractivity contribution in [1.29, 1.82) is 0 Å². The minimum atomic E-state index is -3.53. The van der Waals surface area contributed by atoms with E-state index in [2.05, 4.69) is 10.4 Å². The van der Waals surface area contributed by atoms with Crippen molar-refractivity contribution in [1.82, 2.24) is 10.4 Å². The predicted molar refractivity (Wildman–Crippen MR) is 71.3 cm³/mol. The van der Waals surface area contributed by atoms with Gasteiger partial charge in [0.1, 0.15) is 0 Å². The molecule has 0 unspecified atom stereocenters. The van der Waals surface area contributed by atoms with Gasteiger partial charge in [0.15, 0.2) is 5.11 Å². The van der Waals surface area contributed by atoms with E-state index in [9.17, 15) is 9.36 Å². The molecular formula is C9H19N2O5PS. The average molecular weight is 298 g/mol. The van der Waals surface area contributed by atoms with Crippen LogP contribution in [0.4, 0.5) is 4.79 Å². The van der Waals surface area contributed by atoms with Crippen LogP contribution in [0.5, 0.6) is 0 Å². The summed E-state index contributed by atoms with van der Waals surface area (Å²) in [6.07, 6.45) is -1.01. The molecule has 106 valence electrons. The summed E-state index contributed by atoms with van der Waals surface area (Å²) >= 11 is 4.80. The minimum Gasteiger partial charge on any atom is -0.447 e. The van der Waals surface area contributed by atoms with Crippen LogP contribution in [0, 0.1) is 0 Å². The highest BCUT2D eigenvalue weighted by molar-refractivity contribution is 7.81.